The summed E-state index contributed by atoms with van der Waals surface area (Å²) >= 11 is 0. The van der Waals surface area contributed by atoms with E-state index in [-0.39, 0.29) is 23.8 Å². The second-order valence-corrected chi connectivity index (χ2v) is 7.72. The zero-order chi connectivity index (χ0) is 18.1. The number of β-amino-alcohol motifs (C(OH)–C–C–N with tert-alkyl or cyclic N) is 1. The molecule has 1 aromatic heterocycles. The highest BCUT2D eigenvalue weighted by atomic mass is 16.3. The summed E-state index contributed by atoms with van der Waals surface area (Å²) in [6.07, 6.45) is 6.44. The molecule has 26 heavy (non-hydrogen) atoms. The first-order valence-corrected chi connectivity index (χ1v) is 9.53. The number of hydrogen-bond acceptors (Lipinski definition) is 5. The Balaban J connectivity index is 1.48. The molecule has 2 amide bonds. The van der Waals surface area contributed by atoms with Gasteiger partial charge < -0.3 is 20.2 Å². The predicted molar refractivity (Wildman–Crippen MR) is 96.9 cm³/mol. The molecule has 4 rings (SSSR count). The Morgan fingerprint density at radius 2 is 2.19 bits per heavy atom. The Morgan fingerprint density at radius 1 is 1.35 bits per heavy atom. The molecule has 0 radical (unpaired) electrons. The molecular formula is C19H26N4O3. The average Bonchev–Trinajstić information content (AvgIpc) is 3.36. The van der Waals surface area contributed by atoms with Crippen molar-refractivity contribution in [1.29, 1.82) is 0 Å². The standard InChI is InChI=1S/C19H26N4O3/c24-11-10-22-8-1-5-19(18(22)26)6-9-23(13-19)16-12-14(4-7-20-16)17(25)21-15-2-3-15/h4,7,12,15,24H,1-3,5-6,8-11,13H2,(H,21,25). The van der Waals surface area contributed by atoms with Crippen molar-refractivity contribution in [1.82, 2.24) is 15.2 Å². The molecule has 0 aromatic carbocycles. The van der Waals surface area contributed by atoms with Crippen molar-refractivity contribution in [2.75, 3.05) is 37.7 Å². The number of carbonyl (C=O) groups is 2. The summed E-state index contributed by atoms with van der Waals surface area (Å²) in [5.41, 5.74) is 0.251. The van der Waals surface area contributed by atoms with E-state index in [1.54, 1.807) is 17.2 Å². The third-order valence-electron chi connectivity index (χ3n) is 5.79. The third kappa shape index (κ3) is 3.28. The van der Waals surface area contributed by atoms with Gasteiger partial charge in [0.1, 0.15) is 5.82 Å². The van der Waals surface area contributed by atoms with E-state index in [1.165, 1.54) is 0 Å². The maximum Gasteiger partial charge on any atom is 0.251 e. The molecular weight excluding hydrogens is 332 g/mol. The molecule has 1 atom stereocenters. The first kappa shape index (κ1) is 17.3. The van der Waals surface area contributed by atoms with Gasteiger partial charge in [-0.05, 0) is 44.2 Å². The molecule has 140 valence electrons. The number of amides is 2. The van der Waals surface area contributed by atoms with Crippen molar-refractivity contribution < 1.29 is 14.7 Å². The zero-order valence-electron chi connectivity index (χ0n) is 15.0. The second-order valence-electron chi connectivity index (χ2n) is 7.72. The summed E-state index contributed by atoms with van der Waals surface area (Å²) in [6, 6.07) is 3.89. The van der Waals surface area contributed by atoms with Crippen molar-refractivity contribution in [3.63, 3.8) is 0 Å². The monoisotopic (exact) mass is 358 g/mol. The van der Waals surface area contributed by atoms with E-state index in [0.717, 1.165) is 51.0 Å². The summed E-state index contributed by atoms with van der Waals surface area (Å²) in [6.45, 7) is 2.55. The van der Waals surface area contributed by atoms with E-state index in [2.05, 4.69) is 15.2 Å². The van der Waals surface area contributed by atoms with Crippen LogP contribution in [0.5, 0.6) is 0 Å². The van der Waals surface area contributed by atoms with Crippen molar-refractivity contribution >= 4 is 17.6 Å². The first-order chi connectivity index (χ1) is 12.6. The quantitative estimate of drug-likeness (QED) is 0.813. The first-order valence-electron chi connectivity index (χ1n) is 9.53. The Bertz CT molecular complexity index is 704. The maximum atomic E-state index is 12.9. The molecule has 3 heterocycles. The third-order valence-corrected chi connectivity index (χ3v) is 5.79. The van der Waals surface area contributed by atoms with Crippen LogP contribution in [-0.2, 0) is 4.79 Å². The highest BCUT2D eigenvalue weighted by molar-refractivity contribution is 5.95. The van der Waals surface area contributed by atoms with Crippen LogP contribution in [0.4, 0.5) is 5.82 Å². The highest BCUT2D eigenvalue weighted by Crippen LogP contribution is 2.41. The Morgan fingerprint density at radius 3 is 2.96 bits per heavy atom. The topological polar surface area (TPSA) is 85.8 Å². The smallest absolute Gasteiger partial charge is 0.251 e. The molecule has 1 spiro atoms. The zero-order valence-corrected chi connectivity index (χ0v) is 15.0. The van der Waals surface area contributed by atoms with Gasteiger partial charge in [0, 0.05) is 44.0 Å². The van der Waals surface area contributed by atoms with Crippen molar-refractivity contribution in [3.8, 4) is 0 Å². The molecule has 1 aliphatic carbocycles. The molecule has 3 aliphatic rings. The van der Waals surface area contributed by atoms with Gasteiger partial charge in [-0.15, -0.1) is 0 Å². The number of hydrogen-bond donors (Lipinski definition) is 2. The lowest BCUT2D eigenvalue weighted by Gasteiger charge is -2.39. The SMILES string of the molecule is O=C(NC1CC1)c1ccnc(N2CCC3(CCCN(CCO)C3=O)C2)c1. The van der Waals surface area contributed by atoms with Crippen LogP contribution in [0.1, 0.15) is 42.5 Å². The van der Waals surface area contributed by atoms with Gasteiger partial charge in [0.25, 0.3) is 5.91 Å². The summed E-state index contributed by atoms with van der Waals surface area (Å²) in [7, 11) is 0. The number of pyridine rings is 1. The van der Waals surface area contributed by atoms with Crippen LogP contribution in [0.25, 0.3) is 0 Å². The lowest BCUT2D eigenvalue weighted by Crippen LogP contribution is -2.50. The van der Waals surface area contributed by atoms with E-state index in [1.807, 2.05) is 6.07 Å². The fourth-order valence-corrected chi connectivity index (χ4v) is 4.16. The van der Waals surface area contributed by atoms with Crippen molar-refractivity contribution in [2.45, 2.75) is 38.1 Å². The Hall–Kier alpha value is -2.15. The molecule has 2 N–H and O–H groups in total. The van der Waals surface area contributed by atoms with Crippen LogP contribution in [0.3, 0.4) is 0 Å². The van der Waals surface area contributed by atoms with Crippen molar-refractivity contribution in [2.24, 2.45) is 5.41 Å². The van der Waals surface area contributed by atoms with Gasteiger partial charge >= 0.3 is 0 Å². The van der Waals surface area contributed by atoms with Gasteiger partial charge in [0.2, 0.25) is 5.91 Å². The minimum Gasteiger partial charge on any atom is -0.395 e. The molecule has 2 saturated heterocycles. The lowest BCUT2D eigenvalue weighted by molar-refractivity contribution is -0.145. The molecule has 7 nitrogen and oxygen atoms in total. The molecule has 1 saturated carbocycles. The number of aromatic nitrogens is 1. The van der Waals surface area contributed by atoms with Gasteiger partial charge in [0.15, 0.2) is 0 Å². The molecule has 2 aliphatic heterocycles. The summed E-state index contributed by atoms with van der Waals surface area (Å²) in [5.74, 6) is 0.869. The number of piperidine rings is 1. The highest BCUT2D eigenvalue weighted by Gasteiger charge is 2.48. The van der Waals surface area contributed by atoms with Gasteiger partial charge in [-0.1, -0.05) is 0 Å². The number of aliphatic hydroxyl groups excluding tert-OH is 1. The van der Waals surface area contributed by atoms with E-state index in [4.69, 9.17) is 0 Å². The largest absolute Gasteiger partial charge is 0.395 e. The number of likely N-dealkylation sites (tertiary alicyclic amines) is 1. The number of aliphatic hydroxyl groups is 1. The summed E-state index contributed by atoms with van der Waals surface area (Å²) < 4.78 is 0. The molecule has 1 aromatic rings. The van der Waals surface area contributed by atoms with Crippen LogP contribution in [0.2, 0.25) is 0 Å². The van der Waals surface area contributed by atoms with Crippen LogP contribution < -0.4 is 10.2 Å². The van der Waals surface area contributed by atoms with Crippen LogP contribution in [0, 0.1) is 5.41 Å². The van der Waals surface area contributed by atoms with Crippen molar-refractivity contribution in [3.05, 3.63) is 23.9 Å². The summed E-state index contributed by atoms with van der Waals surface area (Å²) in [4.78, 5) is 33.6. The molecule has 7 heteroatoms. The second kappa shape index (κ2) is 6.87. The lowest BCUT2D eigenvalue weighted by atomic mass is 9.78. The number of carbonyl (C=O) groups excluding carboxylic acids is 2. The number of rotatable bonds is 5. The normalized spacial score (nSPS) is 25.8. The van der Waals surface area contributed by atoms with Crippen LogP contribution in [0.15, 0.2) is 18.3 Å². The number of anilines is 1. The van der Waals surface area contributed by atoms with E-state index in [0.29, 0.717) is 24.7 Å². The number of nitrogens with one attached hydrogen (secondary N) is 1. The van der Waals surface area contributed by atoms with Gasteiger partial charge in [0.05, 0.1) is 12.0 Å². The Kier molecular flexibility index (Phi) is 4.56. The van der Waals surface area contributed by atoms with E-state index >= 15 is 0 Å². The van der Waals surface area contributed by atoms with Crippen LogP contribution >= 0.6 is 0 Å². The molecule has 3 fully saturated rings. The van der Waals surface area contributed by atoms with Gasteiger partial charge in [-0.25, -0.2) is 4.98 Å². The minimum atomic E-state index is -0.374. The molecule has 0 bridgehead atoms. The predicted octanol–water partition coefficient (Wildman–Crippen LogP) is 0.785. The number of nitrogens with zero attached hydrogens (tertiary/aromatic N) is 3. The van der Waals surface area contributed by atoms with E-state index in [9.17, 15) is 14.7 Å². The van der Waals surface area contributed by atoms with Crippen LogP contribution in [-0.4, -0.2) is 65.6 Å². The van der Waals surface area contributed by atoms with E-state index < -0.39 is 0 Å². The van der Waals surface area contributed by atoms with Gasteiger partial charge in [-0.3, -0.25) is 9.59 Å². The summed E-state index contributed by atoms with van der Waals surface area (Å²) in [5, 5.41) is 12.2. The Labute approximate surface area is 153 Å². The fraction of sp³-hybridized carbons (Fsp3) is 0.632. The van der Waals surface area contributed by atoms with Gasteiger partial charge in [-0.2, -0.15) is 0 Å². The fourth-order valence-electron chi connectivity index (χ4n) is 4.16. The maximum absolute atomic E-state index is 12.9. The molecule has 1 unspecified atom stereocenters. The minimum absolute atomic E-state index is 0.00520. The average molecular weight is 358 g/mol.